The summed E-state index contributed by atoms with van der Waals surface area (Å²) in [7, 11) is 6.27. The normalized spacial score (nSPS) is 49.9. The summed E-state index contributed by atoms with van der Waals surface area (Å²) >= 11 is 0. The molecule has 6 fully saturated rings. The van der Waals surface area contributed by atoms with Crippen molar-refractivity contribution >= 4 is 11.9 Å². The number of fused-ring (bicyclic) bond motifs is 2. The number of nitrogens with zero attached hydrogens (tertiary/aromatic N) is 1. The van der Waals surface area contributed by atoms with Crippen LogP contribution in [-0.4, -0.2) is 134 Å². The largest absolute Gasteiger partial charge is 0.455 e. The Morgan fingerprint density at radius 3 is 2.30 bits per heavy atom. The third kappa shape index (κ3) is 3.62. The molecule has 12 nitrogen and oxygen atoms in total. The van der Waals surface area contributed by atoms with E-state index in [-0.39, 0.29) is 25.0 Å². The lowest BCUT2D eigenvalue weighted by Crippen LogP contribution is -2.81. The second-order valence-corrected chi connectivity index (χ2v) is 14.4. The predicted octanol–water partition coefficient (Wildman–Crippen LogP) is 0.648. The summed E-state index contributed by atoms with van der Waals surface area (Å²) in [5, 5.41) is 37.3. The van der Waals surface area contributed by atoms with E-state index in [1.807, 2.05) is 6.92 Å². The quantitative estimate of drug-likeness (QED) is 0.323. The van der Waals surface area contributed by atoms with Crippen LogP contribution in [0.3, 0.4) is 0 Å². The summed E-state index contributed by atoms with van der Waals surface area (Å²) in [4.78, 5) is 29.3. The number of ether oxygens (including phenoxy) is 6. The minimum Gasteiger partial charge on any atom is -0.455 e. The second kappa shape index (κ2) is 10.9. The van der Waals surface area contributed by atoms with Gasteiger partial charge in [-0.25, -0.2) is 4.79 Å². The number of aliphatic hydroxyl groups excluding tert-OH is 2. The fraction of sp³-hybridized carbons (Fsp3) is 0.765. The molecule has 15 atom stereocenters. The fourth-order valence-corrected chi connectivity index (χ4v) is 12.3. The zero-order valence-corrected chi connectivity index (χ0v) is 27.3. The SMILES string of the molecule is CCN1CC2(COC)C(O)CC(OC)[C@@]34C5C[C@]6(O)C(OC)[C@H](O)[C@@](OC(C)=O)(C5[C@H]6OC(=O)c5ccccc5)C(C(OC)C23)[C@@H]14. The molecular weight excluding hydrogens is 598 g/mol. The average Bonchev–Trinajstić information content (AvgIpc) is 3.41. The van der Waals surface area contributed by atoms with E-state index in [0.29, 0.717) is 25.1 Å². The summed E-state index contributed by atoms with van der Waals surface area (Å²) in [6.07, 6.45) is -5.49. The lowest BCUT2D eigenvalue weighted by atomic mass is 9.42. The first-order chi connectivity index (χ1) is 22.0. The highest BCUT2D eigenvalue weighted by atomic mass is 16.6. The summed E-state index contributed by atoms with van der Waals surface area (Å²) in [5.74, 6) is -3.65. The maximum absolute atomic E-state index is 13.8. The van der Waals surface area contributed by atoms with Gasteiger partial charge < -0.3 is 43.7 Å². The van der Waals surface area contributed by atoms with Crippen molar-refractivity contribution in [1.82, 2.24) is 4.90 Å². The lowest BCUT2D eigenvalue weighted by molar-refractivity contribution is -0.322. The molecule has 5 saturated carbocycles. The molecular formula is C34H47NO11. The Balaban J connectivity index is 1.53. The van der Waals surface area contributed by atoms with Crippen LogP contribution in [0.25, 0.3) is 0 Å². The smallest absolute Gasteiger partial charge is 0.338 e. The number of aliphatic hydroxyl groups is 3. The van der Waals surface area contributed by atoms with Gasteiger partial charge in [-0.1, -0.05) is 25.1 Å². The molecule has 0 radical (unpaired) electrons. The Morgan fingerprint density at radius 2 is 1.72 bits per heavy atom. The van der Waals surface area contributed by atoms with Crippen LogP contribution in [0.4, 0.5) is 0 Å². The van der Waals surface area contributed by atoms with Crippen molar-refractivity contribution in [2.75, 3.05) is 48.1 Å². The summed E-state index contributed by atoms with van der Waals surface area (Å²) in [6, 6.07) is 8.18. The van der Waals surface area contributed by atoms with E-state index < -0.39 is 88.3 Å². The summed E-state index contributed by atoms with van der Waals surface area (Å²) in [6.45, 7) is 4.68. The van der Waals surface area contributed by atoms with E-state index in [2.05, 4.69) is 4.90 Å². The molecule has 1 aromatic carbocycles. The Kier molecular flexibility index (Phi) is 7.69. The number of hydrogen-bond acceptors (Lipinski definition) is 12. The van der Waals surface area contributed by atoms with Gasteiger partial charge in [-0.15, -0.1) is 0 Å². The Morgan fingerprint density at radius 1 is 1.00 bits per heavy atom. The number of piperidine rings is 1. The van der Waals surface area contributed by atoms with Gasteiger partial charge >= 0.3 is 11.9 Å². The minimum absolute atomic E-state index is 0.0791. The molecule has 5 aliphatic carbocycles. The average molecular weight is 646 g/mol. The van der Waals surface area contributed by atoms with E-state index >= 15 is 0 Å². The molecule has 7 bridgehead atoms. The number of hydrogen-bond donors (Lipinski definition) is 3. The predicted molar refractivity (Wildman–Crippen MR) is 160 cm³/mol. The number of carbonyl (C=O) groups excluding carboxylic acids is 2. The van der Waals surface area contributed by atoms with E-state index in [1.165, 1.54) is 14.0 Å². The van der Waals surface area contributed by atoms with Crippen LogP contribution in [0, 0.1) is 34.5 Å². The van der Waals surface area contributed by atoms with E-state index in [0.717, 1.165) is 0 Å². The van der Waals surface area contributed by atoms with Crippen molar-refractivity contribution in [3.05, 3.63) is 35.9 Å². The topological polar surface area (TPSA) is 153 Å². The first-order valence-corrected chi connectivity index (χ1v) is 16.3. The van der Waals surface area contributed by atoms with Crippen molar-refractivity contribution in [3.63, 3.8) is 0 Å². The molecule has 254 valence electrons. The van der Waals surface area contributed by atoms with Crippen LogP contribution in [0.1, 0.15) is 37.0 Å². The highest BCUT2D eigenvalue weighted by Crippen LogP contribution is 2.80. The van der Waals surface area contributed by atoms with E-state index in [9.17, 15) is 24.9 Å². The van der Waals surface area contributed by atoms with Gasteiger partial charge in [-0.2, -0.15) is 0 Å². The summed E-state index contributed by atoms with van der Waals surface area (Å²) < 4.78 is 37.4. The molecule has 1 spiro atoms. The lowest BCUT2D eigenvalue weighted by Gasteiger charge is -2.70. The van der Waals surface area contributed by atoms with Crippen molar-refractivity contribution in [2.24, 2.45) is 34.5 Å². The number of likely N-dealkylation sites (tertiary alicyclic amines) is 1. The van der Waals surface area contributed by atoms with Gasteiger partial charge in [-0.3, -0.25) is 9.69 Å². The molecule has 1 saturated heterocycles. The number of benzene rings is 1. The summed E-state index contributed by atoms with van der Waals surface area (Å²) in [5.41, 5.74) is -4.79. The molecule has 7 rings (SSSR count). The second-order valence-electron chi connectivity index (χ2n) is 14.4. The van der Waals surface area contributed by atoms with Gasteiger partial charge in [0.2, 0.25) is 0 Å². The monoisotopic (exact) mass is 645 g/mol. The first-order valence-electron chi connectivity index (χ1n) is 16.3. The van der Waals surface area contributed by atoms with E-state index in [1.54, 1.807) is 51.7 Å². The zero-order chi connectivity index (χ0) is 33.0. The number of carbonyl (C=O) groups is 2. The zero-order valence-electron chi connectivity index (χ0n) is 27.3. The van der Waals surface area contributed by atoms with Gasteiger partial charge in [0.05, 0.1) is 30.5 Å². The van der Waals surface area contributed by atoms with Crippen molar-refractivity contribution < 1.29 is 53.3 Å². The Labute approximate surface area is 269 Å². The first kappa shape index (κ1) is 32.4. The maximum Gasteiger partial charge on any atom is 0.338 e. The van der Waals surface area contributed by atoms with Crippen molar-refractivity contribution in [2.45, 2.75) is 80.6 Å². The van der Waals surface area contributed by atoms with Gasteiger partial charge in [0, 0.05) is 83.0 Å². The molecule has 9 unspecified atom stereocenters. The molecule has 1 heterocycles. The van der Waals surface area contributed by atoms with Crippen molar-refractivity contribution in [3.8, 4) is 0 Å². The molecule has 6 aliphatic rings. The molecule has 0 aromatic heterocycles. The molecule has 3 N–H and O–H groups in total. The van der Waals surface area contributed by atoms with Crippen LogP contribution < -0.4 is 0 Å². The fourth-order valence-electron chi connectivity index (χ4n) is 12.3. The van der Waals surface area contributed by atoms with Gasteiger partial charge in [0.25, 0.3) is 0 Å². The van der Waals surface area contributed by atoms with Crippen molar-refractivity contribution in [1.29, 1.82) is 0 Å². The Hall–Kier alpha value is -2.16. The van der Waals surface area contributed by atoms with Crippen LogP contribution in [0.2, 0.25) is 0 Å². The number of rotatable bonds is 9. The number of methoxy groups -OCH3 is 4. The van der Waals surface area contributed by atoms with Crippen LogP contribution >= 0.6 is 0 Å². The van der Waals surface area contributed by atoms with Crippen LogP contribution in [0.5, 0.6) is 0 Å². The highest BCUT2D eigenvalue weighted by Gasteiger charge is 2.92. The Bertz CT molecular complexity index is 1360. The molecule has 1 aliphatic heterocycles. The van der Waals surface area contributed by atoms with Gasteiger partial charge in [-0.05, 0) is 31.0 Å². The molecule has 1 aromatic rings. The van der Waals surface area contributed by atoms with Crippen LogP contribution in [-0.2, 0) is 33.2 Å². The van der Waals surface area contributed by atoms with Crippen LogP contribution in [0.15, 0.2) is 30.3 Å². The third-order valence-electron chi connectivity index (χ3n) is 13.2. The molecule has 46 heavy (non-hydrogen) atoms. The molecule has 0 amide bonds. The molecule has 12 heteroatoms. The standard InChI is InChI=1S/C34H47NO11/c1-7-35-15-31(16-41-3)20(37)13-21(42-4)33-19-14-32(40)28(45-30(39)18-11-9-8-10-12-18)22(19)34(46-17(2)36,27(38)29(32)44-6)23(26(33)35)24(43-5)25(31)33/h8-12,19-29,37-38,40H,7,13-16H2,1-6H3/t19?,20?,21?,22?,23?,24?,25?,26-,27+,28-,29?,31?,32-,33+,34-/m1/s1. The van der Waals surface area contributed by atoms with E-state index in [4.69, 9.17) is 28.4 Å². The van der Waals surface area contributed by atoms with Gasteiger partial charge in [0.15, 0.2) is 5.60 Å². The third-order valence-corrected chi connectivity index (χ3v) is 13.2. The number of esters is 2. The van der Waals surface area contributed by atoms with Gasteiger partial charge in [0.1, 0.15) is 23.9 Å². The maximum atomic E-state index is 13.8. The minimum atomic E-state index is -1.83. The highest BCUT2D eigenvalue weighted by molar-refractivity contribution is 5.89.